The van der Waals surface area contributed by atoms with Crippen molar-refractivity contribution in [3.63, 3.8) is 0 Å². The van der Waals surface area contributed by atoms with Gasteiger partial charge in [-0.3, -0.25) is 4.98 Å². The Morgan fingerprint density at radius 2 is 1.30 bits per heavy atom. The van der Waals surface area contributed by atoms with Gasteiger partial charge in [0.25, 0.3) is 0 Å². The van der Waals surface area contributed by atoms with Gasteiger partial charge in [-0.1, -0.05) is 55.1 Å². The summed E-state index contributed by atoms with van der Waals surface area (Å²) in [6.45, 7) is 3.78. The van der Waals surface area contributed by atoms with Crippen LogP contribution in [0.3, 0.4) is 0 Å². The molecule has 0 aliphatic carbocycles. The Morgan fingerprint density at radius 1 is 0.700 bits per heavy atom. The van der Waals surface area contributed by atoms with Gasteiger partial charge in [-0.15, -0.1) is 0 Å². The minimum atomic E-state index is 1.14. The van der Waals surface area contributed by atoms with Crippen LogP contribution in [0.2, 0.25) is 0 Å². The lowest BCUT2D eigenvalue weighted by molar-refractivity contribution is 1.33. The van der Waals surface area contributed by atoms with Crippen LogP contribution in [0.1, 0.15) is 5.56 Å². The topological polar surface area (TPSA) is 12.9 Å². The summed E-state index contributed by atoms with van der Waals surface area (Å²) in [4.78, 5) is 4.06. The largest absolute Gasteiger partial charge is 0.265 e. The Bertz CT molecular complexity index is 712. The summed E-state index contributed by atoms with van der Waals surface area (Å²) in [5, 5.41) is 0. The first-order chi connectivity index (χ1) is 9.86. The molecule has 20 heavy (non-hydrogen) atoms. The molecule has 1 heterocycles. The van der Waals surface area contributed by atoms with E-state index in [9.17, 15) is 0 Å². The van der Waals surface area contributed by atoms with Gasteiger partial charge >= 0.3 is 0 Å². The monoisotopic (exact) mass is 257 g/mol. The van der Waals surface area contributed by atoms with Gasteiger partial charge in [0.15, 0.2) is 0 Å². The lowest BCUT2D eigenvalue weighted by Gasteiger charge is -2.06. The minimum absolute atomic E-state index is 1.14. The second-order valence-corrected chi connectivity index (χ2v) is 4.64. The van der Waals surface area contributed by atoms with Gasteiger partial charge < -0.3 is 0 Å². The first kappa shape index (κ1) is 12.4. The van der Waals surface area contributed by atoms with E-state index in [1.54, 1.807) is 0 Å². The highest BCUT2D eigenvalue weighted by atomic mass is 14.6. The lowest BCUT2D eigenvalue weighted by atomic mass is 9.99. The Balaban J connectivity index is 2.00. The number of rotatable bonds is 3. The van der Waals surface area contributed by atoms with Crippen LogP contribution < -0.4 is 0 Å². The maximum absolute atomic E-state index is 4.06. The van der Waals surface area contributed by atoms with Gasteiger partial charge in [0.05, 0.1) is 0 Å². The SMILES string of the molecule is C=Cc1ccc(-c2cccc(-c3ccncc3)c2)cc1. The molecule has 1 nitrogen and oxygen atoms in total. The van der Waals surface area contributed by atoms with Crippen LogP contribution in [0.4, 0.5) is 0 Å². The fourth-order valence-electron chi connectivity index (χ4n) is 2.23. The lowest BCUT2D eigenvalue weighted by Crippen LogP contribution is -1.82. The summed E-state index contributed by atoms with van der Waals surface area (Å²) in [5.41, 5.74) is 5.96. The van der Waals surface area contributed by atoms with Gasteiger partial charge in [-0.2, -0.15) is 0 Å². The minimum Gasteiger partial charge on any atom is -0.265 e. The van der Waals surface area contributed by atoms with Crippen LogP contribution in [0.25, 0.3) is 28.3 Å². The molecule has 0 amide bonds. The molecule has 0 N–H and O–H groups in total. The highest BCUT2D eigenvalue weighted by Gasteiger charge is 2.01. The Kier molecular flexibility index (Phi) is 3.42. The Labute approximate surface area is 119 Å². The summed E-state index contributed by atoms with van der Waals surface area (Å²) in [6.07, 6.45) is 5.50. The van der Waals surface area contributed by atoms with Crippen molar-refractivity contribution < 1.29 is 0 Å². The molecule has 0 saturated carbocycles. The quantitative estimate of drug-likeness (QED) is 0.639. The van der Waals surface area contributed by atoms with Crippen molar-refractivity contribution in [1.82, 2.24) is 4.98 Å². The van der Waals surface area contributed by atoms with Crippen molar-refractivity contribution >= 4 is 6.08 Å². The van der Waals surface area contributed by atoms with E-state index in [2.05, 4.69) is 60.1 Å². The molecule has 0 radical (unpaired) electrons. The fourth-order valence-corrected chi connectivity index (χ4v) is 2.23. The highest BCUT2D eigenvalue weighted by Crippen LogP contribution is 2.26. The van der Waals surface area contributed by atoms with E-state index in [1.807, 2.05) is 30.6 Å². The third kappa shape index (κ3) is 2.52. The normalized spacial score (nSPS) is 10.2. The van der Waals surface area contributed by atoms with Gasteiger partial charge in [0, 0.05) is 12.4 Å². The molecular formula is C19H15N. The van der Waals surface area contributed by atoms with Crippen LogP contribution in [-0.2, 0) is 0 Å². The van der Waals surface area contributed by atoms with Crippen molar-refractivity contribution in [2.45, 2.75) is 0 Å². The van der Waals surface area contributed by atoms with E-state index < -0.39 is 0 Å². The van der Waals surface area contributed by atoms with E-state index in [4.69, 9.17) is 0 Å². The van der Waals surface area contributed by atoms with Crippen LogP contribution in [0, 0.1) is 0 Å². The third-order valence-corrected chi connectivity index (χ3v) is 3.36. The van der Waals surface area contributed by atoms with Gasteiger partial charge in [0.2, 0.25) is 0 Å². The third-order valence-electron chi connectivity index (χ3n) is 3.36. The van der Waals surface area contributed by atoms with Crippen LogP contribution in [-0.4, -0.2) is 4.98 Å². The Hall–Kier alpha value is -2.67. The van der Waals surface area contributed by atoms with Crippen molar-refractivity contribution in [3.05, 3.63) is 85.2 Å². The molecule has 1 heteroatoms. The second kappa shape index (κ2) is 5.54. The maximum Gasteiger partial charge on any atom is 0.0273 e. The molecule has 2 aromatic carbocycles. The molecule has 1 aromatic heterocycles. The zero-order chi connectivity index (χ0) is 13.8. The average molecular weight is 257 g/mol. The van der Waals surface area contributed by atoms with Crippen molar-refractivity contribution in [2.24, 2.45) is 0 Å². The first-order valence-corrected chi connectivity index (χ1v) is 6.60. The van der Waals surface area contributed by atoms with Gasteiger partial charge in [0.1, 0.15) is 0 Å². The van der Waals surface area contributed by atoms with Crippen LogP contribution in [0.5, 0.6) is 0 Å². The standard InChI is InChI=1S/C19H15N/c1-2-15-6-8-16(9-7-15)18-4-3-5-19(14-18)17-10-12-20-13-11-17/h2-14H,1H2. The predicted molar refractivity (Wildman–Crippen MR) is 85.2 cm³/mol. The molecule has 0 unspecified atom stereocenters. The molecule has 3 rings (SSSR count). The summed E-state index contributed by atoms with van der Waals surface area (Å²) < 4.78 is 0. The summed E-state index contributed by atoms with van der Waals surface area (Å²) >= 11 is 0. The molecule has 0 bridgehead atoms. The maximum atomic E-state index is 4.06. The van der Waals surface area contributed by atoms with Crippen molar-refractivity contribution in [1.29, 1.82) is 0 Å². The molecular weight excluding hydrogens is 242 g/mol. The van der Waals surface area contributed by atoms with E-state index in [0.29, 0.717) is 0 Å². The van der Waals surface area contributed by atoms with Crippen LogP contribution >= 0.6 is 0 Å². The van der Waals surface area contributed by atoms with Crippen molar-refractivity contribution in [3.8, 4) is 22.3 Å². The molecule has 0 saturated heterocycles. The summed E-state index contributed by atoms with van der Waals surface area (Å²) in [7, 11) is 0. The van der Waals surface area contributed by atoms with Crippen LogP contribution in [0.15, 0.2) is 79.6 Å². The van der Waals surface area contributed by atoms with Gasteiger partial charge in [-0.25, -0.2) is 0 Å². The highest BCUT2D eigenvalue weighted by molar-refractivity contribution is 5.73. The zero-order valence-electron chi connectivity index (χ0n) is 11.2. The Morgan fingerprint density at radius 3 is 1.90 bits per heavy atom. The van der Waals surface area contributed by atoms with E-state index in [-0.39, 0.29) is 0 Å². The number of nitrogens with zero attached hydrogens (tertiary/aromatic N) is 1. The summed E-state index contributed by atoms with van der Waals surface area (Å²) in [6, 6.07) is 21.0. The average Bonchev–Trinajstić information content (AvgIpc) is 2.56. The first-order valence-electron chi connectivity index (χ1n) is 6.60. The molecule has 0 atom stereocenters. The summed E-state index contributed by atoms with van der Waals surface area (Å²) in [5.74, 6) is 0. The van der Waals surface area contributed by atoms with Crippen molar-refractivity contribution in [2.75, 3.05) is 0 Å². The molecule has 0 aliphatic heterocycles. The van der Waals surface area contributed by atoms with E-state index in [1.165, 1.54) is 22.3 Å². The van der Waals surface area contributed by atoms with E-state index >= 15 is 0 Å². The molecule has 3 aromatic rings. The smallest absolute Gasteiger partial charge is 0.0273 e. The van der Waals surface area contributed by atoms with E-state index in [0.717, 1.165) is 5.56 Å². The molecule has 0 fully saturated rings. The van der Waals surface area contributed by atoms with Gasteiger partial charge in [-0.05, 0) is 46.0 Å². The fraction of sp³-hybridized carbons (Fsp3) is 0. The zero-order valence-corrected chi connectivity index (χ0v) is 11.2. The second-order valence-electron chi connectivity index (χ2n) is 4.64. The number of hydrogen-bond donors (Lipinski definition) is 0. The number of hydrogen-bond acceptors (Lipinski definition) is 1. The number of aromatic nitrogens is 1. The number of pyridine rings is 1. The number of benzene rings is 2. The molecule has 96 valence electrons. The molecule has 0 spiro atoms. The molecule has 0 aliphatic rings. The predicted octanol–water partition coefficient (Wildman–Crippen LogP) is 5.06.